The first-order chi connectivity index (χ1) is 8.06. The Morgan fingerprint density at radius 2 is 1.94 bits per heavy atom. The number of hydrogen-bond acceptors (Lipinski definition) is 1. The Morgan fingerprint density at radius 3 is 2.41 bits per heavy atom. The van der Waals surface area contributed by atoms with Crippen molar-refractivity contribution in [2.24, 2.45) is 0 Å². The second kappa shape index (κ2) is 6.79. The summed E-state index contributed by atoms with van der Waals surface area (Å²) < 4.78 is 13.2. The maximum Gasteiger partial charge on any atom is 0.142 e. The lowest BCUT2D eigenvalue weighted by Gasteiger charge is -2.29. The topological polar surface area (TPSA) is 12.0 Å². The van der Waals surface area contributed by atoms with E-state index >= 15 is 0 Å². The third-order valence-electron chi connectivity index (χ3n) is 2.84. The van der Waals surface area contributed by atoms with Gasteiger partial charge < -0.3 is 5.32 Å². The summed E-state index contributed by atoms with van der Waals surface area (Å²) in [6.07, 6.45) is 0.816. The molecule has 0 unspecified atom stereocenters. The lowest BCUT2D eigenvalue weighted by molar-refractivity contribution is 0.384. The van der Waals surface area contributed by atoms with Gasteiger partial charge in [0, 0.05) is 23.8 Å². The van der Waals surface area contributed by atoms with Gasteiger partial charge in [-0.25, -0.2) is 4.39 Å². The Balaban J connectivity index is 2.68. The van der Waals surface area contributed by atoms with E-state index in [0.29, 0.717) is 18.3 Å². The molecule has 0 radical (unpaired) electrons. The van der Waals surface area contributed by atoms with Crippen molar-refractivity contribution in [3.8, 4) is 0 Å². The predicted molar refractivity (Wildman–Crippen MR) is 72.7 cm³/mol. The molecule has 0 aliphatic carbocycles. The van der Waals surface area contributed by atoms with Crippen LogP contribution >= 0.6 is 34.8 Å². The van der Waals surface area contributed by atoms with Crippen molar-refractivity contribution < 1.29 is 4.39 Å². The molecule has 0 aliphatic heterocycles. The first kappa shape index (κ1) is 15.0. The molecule has 0 aromatic heterocycles. The summed E-state index contributed by atoms with van der Waals surface area (Å²) in [5.74, 6) is 0.427. The van der Waals surface area contributed by atoms with Gasteiger partial charge in [-0.05, 0) is 24.1 Å². The summed E-state index contributed by atoms with van der Waals surface area (Å²) in [5, 5.41) is 3.40. The maximum atomic E-state index is 13.2. The standard InChI is InChI=1S/C12H15Cl3FN/c1-2-12(7-13,8-14)17-6-9-3-4-10(15)11(16)5-9/h3-5,17H,2,6-8H2,1H3. The van der Waals surface area contributed by atoms with Gasteiger partial charge in [-0.1, -0.05) is 24.6 Å². The predicted octanol–water partition coefficient (Wildman–Crippen LogP) is 4.20. The number of alkyl halides is 2. The highest BCUT2D eigenvalue weighted by molar-refractivity contribution is 6.30. The Hall–Kier alpha value is -0.0200. The number of halogens is 4. The van der Waals surface area contributed by atoms with Gasteiger partial charge in [0.1, 0.15) is 5.82 Å². The minimum Gasteiger partial charge on any atom is -0.305 e. The highest BCUT2D eigenvalue weighted by Crippen LogP contribution is 2.18. The van der Waals surface area contributed by atoms with E-state index in [1.54, 1.807) is 12.1 Å². The van der Waals surface area contributed by atoms with Crippen LogP contribution in [0.3, 0.4) is 0 Å². The van der Waals surface area contributed by atoms with Crippen molar-refractivity contribution in [2.75, 3.05) is 11.8 Å². The molecular weight excluding hydrogens is 283 g/mol. The normalized spacial score (nSPS) is 11.8. The fourth-order valence-electron chi connectivity index (χ4n) is 1.38. The van der Waals surface area contributed by atoms with Crippen LogP contribution in [0.15, 0.2) is 18.2 Å². The van der Waals surface area contributed by atoms with Gasteiger partial charge in [-0.3, -0.25) is 0 Å². The molecule has 1 N–H and O–H groups in total. The van der Waals surface area contributed by atoms with Crippen LogP contribution in [0, 0.1) is 5.82 Å². The molecule has 0 amide bonds. The van der Waals surface area contributed by atoms with Crippen LogP contribution in [0.1, 0.15) is 18.9 Å². The highest BCUT2D eigenvalue weighted by atomic mass is 35.5. The SMILES string of the molecule is CCC(CCl)(CCl)NCc1ccc(Cl)c(F)c1. The monoisotopic (exact) mass is 297 g/mol. The number of rotatable bonds is 6. The van der Waals surface area contributed by atoms with E-state index in [-0.39, 0.29) is 10.6 Å². The zero-order valence-electron chi connectivity index (χ0n) is 9.57. The van der Waals surface area contributed by atoms with Gasteiger partial charge in [-0.2, -0.15) is 0 Å². The summed E-state index contributed by atoms with van der Waals surface area (Å²) in [6, 6.07) is 4.74. The first-order valence-electron chi connectivity index (χ1n) is 5.38. The summed E-state index contributed by atoms with van der Waals surface area (Å²) in [7, 11) is 0. The van der Waals surface area contributed by atoms with Crippen LogP contribution in [0.5, 0.6) is 0 Å². The number of benzene rings is 1. The Morgan fingerprint density at radius 1 is 1.29 bits per heavy atom. The quantitative estimate of drug-likeness (QED) is 0.776. The van der Waals surface area contributed by atoms with Crippen molar-refractivity contribution in [2.45, 2.75) is 25.4 Å². The molecule has 0 saturated heterocycles. The summed E-state index contributed by atoms with van der Waals surface area (Å²) in [6.45, 7) is 2.53. The molecular formula is C12H15Cl3FN. The van der Waals surface area contributed by atoms with E-state index in [0.717, 1.165) is 12.0 Å². The summed E-state index contributed by atoms with van der Waals surface area (Å²) >= 11 is 17.4. The molecule has 1 aromatic rings. The molecule has 1 aromatic carbocycles. The molecule has 0 spiro atoms. The molecule has 96 valence electrons. The van der Waals surface area contributed by atoms with E-state index in [1.807, 2.05) is 6.92 Å². The second-order valence-electron chi connectivity index (χ2n) is 4.00. The molecule has 1 rings (SSSR count). The third kappa shape index (κ3) is 3.99. The van der Waals surface area contributed by atoms with Crippen molar-refractivity contribution in [1.29, 1.82) is 0 Å². The first-order valence-corrected chi connectivity index (χ1v) is 6.82. The molecule has 0 aliphatic rings. The van der Waals surface area contributed by atoms with E-state index in [9.17, 15) is 4.39 Å². The largest absolute Gasteiger partial charge is 0.305 e. The van der Waals surface area contributed by atoms with Gasteiger partial charge in [0.15, 0.2) is 0 Å². The number of nitrogens with one attached hydrogen (secondary N) is 1. The van der Waals surface area contributed by atoms with Crippen molar-refractivity contribution in [1.82, 2.24) is 5.32 Å². The molecule has 1 nitrogen and oxygen atoms in total. The zero-order valence-corrected chi connectivity index (χ0v) is 11.8. The van der Waals surface area contributed by atoms with Crippen LogP contribution < -0.4 is 5.32 Å². The minimum atomic E-state index is -0.412. The van der Waals surface area contributed by atoms with Gasteiger partial charge in [-0.15, -0.1) is 23.2 Å². The fourth-order valence-corrected chi connectivity index (χ4v) is 2.35. The number of hydrogen-bond donors (Lipinski definition) is 1. The smallest absolute Gasteiger partial charge is 0.142 e. The fraction of sp³-hybridized carbons (Fsp3) is 0.500. The van der Waals surface area contributed by atoms with Gasteiger partial charge in [0.25, 0.3) is 0 Å². The zero-order chi connectivity index (χ0) is 12.9. The summed E-state index contributed by atoms with van der Waals surface area (Å²) in [4.78, 5) is 0. The van der Waals surface area contributed by atoms with Crippen LogP contribution in [-0.2, 0) is 6.54 Å². The average molecular weight is 299 g/mol. The van der Waals surface area contributed by atoms with Gasteiger partial charge in [0.05, 0.1) is 5.02 Å². The van der Waals surface area contributed by atoms with Gasteiger partial charge in [0.2, 0.25) is 0 Å². The highest BCUT2D eigenvalue weighted by Gasteiger charge is 2.25. The van der Waals surface area contributed by atoms with E-state index in [4.69, 9.17) is 34.8 Å². The molecule has 0 fully saturated rings. The van der Waals surface area contributed by atoms with Crippen LogP contribution in [0.4, 0.5) is 4.39 Å². The van der Waals surface area contributed by atoms with Crippen molar-refractivity contribution >= 4 is 34.8 Å². The molecule has 0 bridgehead atoms. The van der Waals surface area contributed by atoms with Crippen LogP contribution in [-0.4, -0.2) is 17.3 Å². The molecule has 0 heterocycles. The van der Waals surface area contributed by atoms with E-state index < -0.39 is 5.82 Å². The molecule has 5 heteroatoms. The van der Waals surface area contributed by atoms with Crippen molar-refractivity contribution in [3.05, 3.63) is 34.6 Å². The van der Waals surface area contributed by atoms with E-state index in [1.165, 1.54) is 6.07 Å². The Bertz CT molecular complexity index is 359. The second-order valence-corrected chi connectivity index (χ2v) is 4.94. The maximum absolute atomic E-state index is 13.2. The average Bonchev–Trinajstić information content (AvgIpc) is 2.36. The Kier molecular flexibility index (Phi) is 6.01. The molecule has 0 atom stereocenters. The Labute approximate surface area is 116 Å². The lowest BCUT2D eigenvalue weighted by atomic mass is 10.0. The van der Waals surface area contributed by atoms with Crippen molar-refractivity contribution in [3.63, 3.8) is 0 Å². The van der Waals surface area contributed by atoms with Crippen LogP contribution in [0.2, 0.25) is 5.02 Å². The van der Waals surface area contributed by atoms with Gasteiger partial charge >= 0.3 is 0 Å². The minimum absolute atomic E-state index is 0.130. The van der Waals surface area contributed by atoms with E-state index in [2.05, 4.69) is 5.32 Å². The molecule has 0 saturated carbocycles. The van der Waals surface area contributed by atoms with Crippen LogP contribution in [0.25, 0.3) is 0 Å². The molecule has 17 heavy (non-hydrogen) atoms. The summed E-state index contributed by atoms with van der Waals surface area (Å²) in [5.41, 5.74) is 0.513. The lowest BCUT2D eigenvalue weighted by Crippen LogP contribution is -2.47. The third-order valence-corrected chi connectivity index (χ3v) is 4.17.